The number of amides is 1. The molecule has 2 heterocycles. The molecule has 3 aromatic rings. The van der Waals surface area contributed by atoms with Crippen molar-refractivity contribution < 1.29 is 9.53 Å². The van der Waals surface area contributed by atoms with Crippen molar-refractivity contribution in [3.05, 3.63) is 42.7 Å². The first-order chi connectivity index (χ1) is 11.2. The molecule has 0 radical (unpaired) electrons. The van der Waals surface area contributed by atoms with Crippen LogP contribution in [0.3, 0.4) is 0 Å². The van der Waals surface area contributed by atoms with Gasteiger partial charge in [-0.2, -0.15) is 0 Å². The topological polar surface area (TPSA) is 67.0 Å². The second kappa shape index (κ2) is 5.43. The van der Waals surface area contributed by atoms with Crippen LogP contribution in [0.15, 0.2) is 42.7 Å². The van der Waals surface area contributed by atoms with Crippen LogP contribution in [0.2, 0.25) is 0 Å². The number of fused-ring (bicyclic) bond motifs is 1. The van der Waals surface area contributed by atoms with Gasteiger partial charge in [0.25, 0.3) is 0 Å². The summed E-state index contributed by atoms with van der Waals surface area (Å²) in [4.78, 5) is 19.4. The van der Waals surface area contributed by atoms with Gasteiger partial charge in [-0.1, -0.05) is 0 Å². The molecule has 1 aliphatic carbocycles. The summed E-state index contributed by atoms with van der Waals surface area (Å²) < 4.78 is 5.50. The normalized spacial score (nSPS) is 14.0. The summed E-state index contributed by atoms with van der Waals surface area (Å²) in [6, 6.07) is 9.77. The molecule has 23 heavy (non-hydrogen) atoms. The number of nitrogens with one attached hydrogen (secondary N) is 2. The molecule has 4 rings (SSSR count). The molecule has 1 saturated carbocycles. The Balaban J connectivity index is 1.68. The third kappa shape index (κ3) is 2.65. The maximum Gasteiger partial charge on any atom is 0.227 e. The summed E-state index contributed by atoms with van der Waals surface area (Å²) in [5.41, 5.74) is 3.56. The number of aromatic amines is 1. The Bertz CT molecular complexity index is 881. The lowest BCUT2D eigenvalue weighted by Gasteiger charge is -2.12. The number of nitrogens with zero attached hydrogens (tertiary/aromatic N) is 1. The molecule has 1 aliphatic rings. The second-order valence-electron chi connectivity index (χ2n) is 5.82. The van der Waals surface area contributed by atoms with E-state index < -0.39 is 0 Å². The van der Waals surface area contributed by atoms with E-state index in [-0.39, 0.29) is 11.8 Å². The largest absolute Gasteiger partial charge is 0.496 e. The van der Waals surface area contributed by atoms with Crippen LogP contribution in [0.5, 0.6) is 5.75 Å². The number of pyridine rings is 1. The van der Waals surface area contributed by atoms with Crippen molar-refractivity contribution in [2.75, 3.05) is 12.4 Å². The summed E-state index contributed by atoms with van der Waals surface area (Å²) in [5, 5.41) is 3.99. The van der Waals surface area contributed by atoms with Crippen LogP contribution in [0.1, 0.15) is 12.8 Å². The minimum atomic E-state index is 0.0928. The lowest BCUT2D eigenvalue weighted by Crippen LogP contribution is -2.13. The molecule has 0 unspecified atom stereocenters. The number of carbonyl (C=O) groups excluding carboxylic acids is 1. The lowest BCUT2D eigenvalue weighted by molar-refractivity contribution is -0.117. The number of hydrogen-bond acceptors (Lipinski definition) is 3. The molecule has 0 atom stereocenters. The third-order valence-corrected chi connectivity index (χ3v) is 4.13. The first kappa shape index (κ1) is 13.8. The van der Waals surface area contributed by atoms with Gasteiger partial charge in [0.15, 0.2) is 0 Å². The van der Waals surface area contributed by atoms with E-state index in [1.165, 1.54) is 0 Å². The van der Waals surface area contributed by atoms with Crippen molar-refractivity contribution in [1.82, 2.24) is 9.97 Å². The Labute approximate surface area is 133 Å². The number of carbonyl (C=O) groups is 1. The molecule has 0 spiro atoms. The van der Waals surface area contributed by atoms with Gasteiger partial charge in [-0.05, 0) is 37.1 Å². The van der Waals surface area contributed by atoms with E-state index in [0.717, 1.165) is 46.4 Å². The molecular weight excluding hydrogens is 290 g/mol. The van der Waals surface area contributed by atoms with Gasteiger partial charge in [0.2, 0.25) is 5.91 Å². The predicted octanol–water partition coefficient (Wildman–Crippen LogP) is 3.59. The Kier molecular flexibility index (Phi) is 3.26. The molecule has 116 valence electrons. The average molecular weight is 307 g/mol. The van der Waals surface area contributed by atoms with Gasteiger partial charge in [-0.3, -0.25) is 4.79 Å². The monoisotopic (exact) mass is 307 g/mol. The SMILES string of the molecule is COc1cc(NC(=O)C2CC2)ccc1-c1cnc2[nH]ccc2c1. The van der Waals surface area contributed by atoms with E-state index in [9.17, 15) is 4.79 Å². The number of methoxy groups -OCH3 is 1. The first-order valence-corrected chi connectivity index (χ1v) is 7.67. The number of aromatic nitrogens is 2. The average Bonchev–Trinajstić information content (AvgIpc) is 3.32. The first-order valence-electron chi connectivity index (χ1n) is 7.67. The number of hydrogen-bond donors (Lipinski definition) is 2. The molecule has 1 fully saturated rings. The molecule has 2 N–H and O–H groups in total. The van der Waals surface area contributed by atoms with Crippen LogP contribution >= 0.6 is 0 Å². The number of ether oxygens (including phenoxy) is 1. The molecular formula is C18H17N3O2. The number of anilines is 1. The van der Waals surface area contributed by atoms with Crippen molar-refractivity contribution in [2.45, 2.75) is 12.8 Å². The fraction of sp³-hybridized carbons (Fsp3) is 0.222. The van der Waals surface area contributed by atoms with Crippen LogP contribution in [-0.4, -0.2) is 23.0 Å². The minimum absolute atomic E-state index is 0.0928. The highest BCUT2D eigenvalue weighted by Crippen LogP contribution is 2.35. The van der Waals surface area contributed by atoms with Crippen LogP contribution < -0.4 is 10.1 Å². The Morgan fingerprint density at radius 2 is 2.17 bits per heavy atom. The fourth-order valence-electron chi connectivity index (χ4n) is 2.68. The van der Waals surface area contributed by atoms with E-state index >= 15 is 0 Å². The van der Waals surface area contributed by atoms with Crippen molar-refractivity contribution in [3.8, 4) is 16.9 Å². The molecule has 0 bridgehead atoms. The van der Waals surface area contributed by atoms with E-state index in [4.69, 9.17) is 4.74 Å². The quantitative estimate of drug-likeness (QED) is 0.774. The number of benzene rings is 1. The van der Waals surface area contributed by atoms with Crippen LogP contribution in [0.25, 0.3) is 22.2 Å². The maximum absolute atomic E-state index is 11.9. The highest BCUT2D eigenvalue weighted by atomic mass is 16.5. The van der Waals surface area contributed by atoms with Crippen molar-refractivity contribution in [2.24, 2.45) is 5.92 Å². The summed E-state index contributed by atoms with van der Waals surface area (Å²) in [6.07, 6.45) is 5.67. The predicted molar refractivity (Wildman–Crippen MR) is 89.4 cm³/mol. The minimum Gasteiger partial charge on any atom is -0.496 e. The molecule has 0 aliphatic heterocycles. The lowest BCUT2D eigenvalue weighted by atomic mass is 10.0. The van der Waals surface area contributed by atoms with Crippen molar-refractivity contribution in [1.29, 1.82) is 0 Å². The zero-order valence-electron chi connectivity index (χ0n) is 12.8. The molecule has 0 saturated heterocycles. The summed E-state index contributed by atoms with van der Waals surface area (Å²) >= 11 is 0. The maximum atomic E-state index is 11.9. The van der Waals surface area contributed by atoms with Crippen LogP contribution in [0.4, 0.5) is 5.69 Å². The Hall–Kier alpha value is -2.82. The zero-order valence-corrected chi connectivity index (χ0v) is 12.8. The Morgan fingerprint density at radius 3 is 2.96 bits per heavy atom. The molecule has 5 heteroatoms. The van der Waals surface area contributed by atoms with E-state index in [2.05, 4.69) is 21.4 Å². The van der Waals surface area contributed by atoms with E-state index in [1.54, 1.807) is 7.11 Å². The van der Waals surface area contributed by atoms with Crippen LogP contribution in [0, 0.1) is 5.92 Å². The van der Waals surface area contributed by atoms with Crippen molar-refractivity contribution >= 4 is 22.6 Å². The van der Waals surface area contributed by atoms with Gasteiger partial charge < -0.3 is 15.0 Å². The van der Waals surface area contributed by atoms with Crippen molar-refractivity contribution in [3.63, 3.8) is 0 Å². The number of H-pyrrole nitrogens is 1. The van der Waals surface area contributed by atoms with Gasteiger partial charge in [0.1, 0.15) is 11.4 Å². The van der Waals surface area contributed by atoms with Crippen LogP contribution in [-0.2, 0) is 4.79 Å². The Morgan fingerprint density at radius 1 is 1.30 bits per heavy atom. The van der Waals surface area contributed by atoms with Gasteiger partial charge in [0.05, 0.1) is 7.11 Å². The van der Waals surface area contributed by atoms with E-state index in [0.29, 0.717) is 0 Å². The van der Waals surface area contributed by atoms with Gasteiger partial charge in [-0.25, -0.2) is 4.98 Å². The molecule has 1 amide bonds. The number of rotatable bonds is 4. The standard InChI is InChI=1S/C18H17N3O2/c1-23-16-9-14(21-18(22)11-2-3-11)4-5-15(16)13-8-12-6-7-19-17(12)20-10-13/h4-11H,2-3H2,1H3,(H,19,20)(H,21,22). The molecule has 1 aromatic carbocycles. The van der Waals surface area contributed by atoms with Gasteiger partial charge in [-0.15, -0.1) is 0 Å². The summed E-state index contributed by atoms with van der Waals surface area (Å²) in [7, 11) is 1.63. The molecule has 2 aromatic heterocycles. The smallest absolute Gasteiger partial charge is 0.227 e. The second-order valence-corrected chi connectivity index (χ2v) is 5.82. The summed E-state index contributed by atoms with van der Waals surface area (Å²) in [6.45, 7) is 0. The highest BCUT2D eigenvalue weighted by Gasteiger charge is 2.29. The highest BCUT2D eigenvalue weighted by molar-refractivity contribution is 5.95. The fourth-order valence-corrected chi connectivity index (χ4v) is 2.68. The van der Waals surface area contributed by atoms with E-state index in [1.807, 2.05) is 36.7 Å². The van der Waals surface area contributed by atoms with Gasteiger partial charge >= 0.3 is 0 Å². The van der Waals surface area contributed by atoms with Gasteiger partial charge in [0, 0.05) is 46.6 Å². The molecule has 5 nitrogen and oxygen atoms in total. The third-order valence-electron chi connectivity index (χ3n) is 4.13. The summed E-state index contributed by atoms with van der Waals surface area (Å²) in [5.74, 6) is 0.992. The zero-order chi connectivity index (χ0) is 15.8.